The molecule has 0 spiro atoms. The Balaban J connectivity index is 2.11. The van der Waals surface area contributed by atoms with E-state index in [1.54, 1.807) is 37.3 Å². The van der Waals surface area contributed by atoms with Gasteiger partial charge in [0.25, 0.3) is 0 Å². The number of benzene rings is 1. The zero-order valence-corrected chi connectivity index (χ0v) is 17.2. The Kier molecular flexibility index (Phi) is 8.54. The molecule has 0 unspecified atom stereocenters. The summed E-state index contributed by atoms with van der Waals surface area (Å²) in [5, 5.41) is 2.66. The molecule has 0 saturated carbocycles. The van der Waals surface area contributed by atoms with Crippen molar-refractivity contribution in [3.05, 3.63) is 89.1 Å². The molecule has 0 bridgehead atoms. The van der Waals surface area contributed by atoms with Crippen molar-refractivity contribution >= 4 is 11.6 Å². The van der Waals surface area contributed by atoms with Gasteiger partial charge in [0.15, 0.2) is 0 Å². The van der Waals surface area contributed by atoms with Gasteiger partial charge in [-0.3, -0.25) is 4.79 Å². The normalized spacial score (nSPS) is 15.3. The van der Waals surface area contributed by atoms with Crippen LogP contribution in [0.3, 0.4) is 0 Å². The SMILES string of the molecule is C=C(F)C=CC(=C(CC)Cc1ccc(NC(=O)CC2=CCCC=C2F)cc1)C(F)(F)F. The second-order valence-corrected chi connectivity index (χ2v) is 7.11. The van der Waals surface area contributed by atoms with Crippen LogP contribution in [0.5, 0.6) is 0 Å². The number of hydrogen-bond acceptors (Lipinski definition) is 1. The van der Waals surface area contributed by atoms with Crippen molar-refractivity contribution < 1.29 is 26.7 Å². The van der Waals surface area contributed by atoms with Crippen LogP contribution in [0.1, 0.15) is 38.2 Å². The average molecular weight is 437 g/mol. The van der Waals surface area contributed by atoms with Crippen LogP contribution >= 0.6 is 0 Å². The van der Waals surface area contributed by atoms with Gasteiger partial charge in [0.05, 0.1) is 12.0 Å². The lowest BCUT2D eigenvalue weighted by Crippen LogP contribution is -2.14. The summed E-state index contributed by atoms with van der Waals surface area (Å²) in [6.45, 7) is 4.55. The summed E-state index contributed by atoms with van der Waals surface area (Å²) in [5.74, 6) is -1.73. The van der Waals surface area contributed by atoms with E-state index in [1.807, 2.05) is 0 Å². The molecule has 0 radical (unpaired) electrons. The standard InChI is InChI=1S/C24H24F5NO/c1-3-18(21(24(27,28)29)13-8-16(2)25)14-17-9-11-20(12-10-17)30-23(31)15-19-6-4-5-7-22(19)26/h6-13H,2-5,14-15H2,1H3,(H,30,31). The minimum atomic E-state index is -4.62. The monoisotopic (exact) mass is 437 g/mol. The fraction of sp³-hybridized carbons (Fsp3) is 0.292. The van der Waals surface area contributed by atoms with Crippen molar-refractivity contribution in [3.8, 4) is 0 Å². The maximum absolute atomic E-state index is 13.7. The van der Waals surface area contributed by atoms with Gasteiger partial charge in [-0.05, 0) is 67.2 Å². The Labute approximate surface area is 178 Å². The molecule has 0 aromatic heterocycles. The number of carbonyl (C=O) groups is 1. The molecule has 1 N–H and O–H groups in total. The summed E-state index contributed by atoms with van der Waals surface area (Å²) >= 11 is 0. The predicted molar refractivity (Wildman–Crippen MR) is 113 cm³/mol. The summed E-state index contributed by atoms with van der Waals surface area (Å²) in [7, 11) is 0. The van der Waals surface area contributed by atoms with E-state index < -0.39 is 17.6 Å². The van der Waals surface area contributed by atoms with Gasteiger partial charge in [-0.25, -0.2) is 8.78 Å². The molecule has 2 rings (SSSR count). The highest BCUT2D eigenvalue weighted by molar-refractivity contribution is 5.92. The van der Waals surface area contributed by atoms with Crippen molar-refractivity contribution in [2.24, 2.45) is 0 Å². The van der Waals surface area contributed by atoms with Crippen LogP contribution < -0.4 is 5.32 Å². The van der Waals surface area contributed by atoms with Crippen LogP contribution in [0, 0.1) is 0 Å². The lowest BCUT2D eigenvalue weighted by Gasteiger charge is -2.15. The van der Waals surface area contributed by atoms with E-state index in [4.69, 9.17) is 0 Å². The van der Waals surface area contributed by atoms with Gasteiger partial charge >= 0.3 is 6.18 Å². The number of rotatable bonds is 8. The molecular weight excluding hydrogens is 413 g/mol. The number of hydrogen-bond donors (Lipinski definition) is 1. The molecule has 7 heteroatoms. The second-order valence-electron chi connectivity index (χ2n) is 7.11. The third-order valence-electron chi connectivity index (χ3n) is 4.74. The Hall–Kier alpha value is -2.96. The van der Waals surface area contributed by atoms with Gasteiger partial charge in [-0.1, -0.05) is 37.3 Å². The summed E-state index contributed by atoms with van der Waals surface area (Å²) < 4.78 is 66.7. The highest BCUT2D eigenvalue weighted by atomic mass is 19.4. The first-order chi connectivity index (χ1) is 14.6. The van der Waals surface area contributed by atoms with Crippen LogP contribution in [0.15, 0.2) is 83.5 Å². The summed E-state index contributed by atoms with van der Waals surface area (Å²) in [4.78, 5) is 12.1. The van der Waals surface area contributed by atoms with Crippen molar-refractivity contribution in [2.75, 3.05) is 5.32 Å². The molecule has 0 atom stereocenters. The summed E-state index contributed by atoms with van der Waals surface area (Å²) in [6.07, 6.45) is 1.27. The predicted octanol–water partition coefficient (Wildman–Crippen LogP) is 7.44. The number of nitrogens with one attached hydrogen (secondary N) is 1. The Bertz CT molecular complexity index is 934. The van der Waals surface area contributed by atoms with E-state index in [2.05, 4.69) is 11.9 Å². The molecule has 1 aromatic carbocycles. The van der Waals surface area contributed by atoms with Gasteiger partial charge < -0.3 is 5.32 Å². The van der Waals surface area contributed by atoms with Crippen molar-refractivity contribution in [3.63, 3.8) is 0 Å². The van der Waals surface area contributed by atoms with Crippen LogP contribution in [-0.2, 0) is 11.2 Å². The van der Waals surface area contributed by atoms with Gasteiger partial charge in [0.1, 0.15) is 11.7 Å². The van der Waals surface area contributed by atoms with Crippen molar-refractivity contribution in [1.82, 2.24) is 0 Å². The van der Waals surface area contributed by atoms with Crippen LogP contribution in [0.4, 0.5) is 27.6 Å². The Morgan fingerprint density at radius 2 is 1.74 bits per heavy atom. The molecule has 31 heavy (non-hydrogen) atoms. The zero-order chi connectivity index (χ0) is 23.0. The van der Waals surface area contributed by atoms with E-state index in [1.165, 1.54) is 6.08 Å². The largest absolute Gasteiger partial charge is 0.416 e. The van der Waals surface area contributed by atoms with Crippen molar-refractivity contribution in [2.45, 2.75) is 45.2 Å². The van der Waals surface area contributed by atoms with Crippen LogP contribution in [-0.4, -0.2) is 12.1 Å². The van der Waals surface area contributed by atoms with Crippen molar-refractivity contribution in [1.29, 1.82) is 0 Å². The molecular formula is C24H24F5NO. The van der Waals surface area contributed by atoms with Crippen LogP contribution in [0.25, 0.3) is 0 Å². The lowest BCUT2D eigenvalue weighted by molar-refractivity contribution is -0.115. The van der Waals surface area contributed by atoms with Gasteiger partial charge in [-0.15, -0.1) is 0 Å². The third-order valence-corrected chi connectivity index (χ3v) is 4.74. The number of alkyl halides is 3. The third kappa shape index (κ3) is 7.66. The topological polar surface area (TPSA) is 29.1 Å². The van der Waals surface area contributed by atoms with E-state index in [9.17, 15) is 26.7 Å². The molecule has 0 fully saturated rings. The first-order valence-corrected chi connectivity index (χ1v) is 9.85. The highest BCUT2D eigenvalue weighted by Gasteiger charge is 2.34. The number of allylic oxidation sites excluding steroid dienone is 8. The molecule has 0 heterocycles. The zero-order valence-electron chi connectivity index (χ0n) is 17.2. The van der Waals surface area contributed by atoms with Gasteiger partial charge in [-0.2, -0.15) is 13.2 Å². The quantitative estimate of drug-likeness (QED) is 0.332. The fourth-order valence-electron chi connectivity index (χ4n) is 3.18. The molecule has 0 aliphatic heterocycles. The average Bonchev–Trinajstić information content (AvgIpc) is 2.69. The summed E-state index contributed by atoms with van der Waals surface area (Å²) in [6, 6.07) is 6.37. The Morgan fingerprint density at radius 1 is 1.10 bits per heavy atom. The van der Waals surface area contributed by atoms with Crippen LogP contribution in [0.2, 0.25) is 0 Å². The van der Waals surface area contributed by atoms with E-state index in [-0.39, 0.29) is 36.6 Å². The number of amides is 1. The fourth-order valence-corrected chi connectivity index (χ4v) is 3.18. The highest BCUT2D eigenvalue weighted by Crippen LogP contribution is 2.32. The number of halogens is 5. The number of anilines is 1. The molecule has 1 aliphatic rings. The first kappa shape index (κ1) is 24.3. The van der Waals surface area contributed by atoms with Gasteiger partial charge in [0.2, 0.25) is 5.91 Å². The van der Waals surface area contributed by atoms with Gasteiger partial charge in [0, 0.05) is 5.69 Å². The molecule has 1 aromatic rings. The summed E-state index contributed by atoms with van der Waals surface area (Å²) in [5.41, 5.74) is 0.617. The number of carbonyl (C=O) groups excluding carboxylic acids is 1. The van der Waals surface area contributed by atoms with E-state index >= 15 is 0 Å². The Morgan fingerprint density at radius 3 is 2.29 bits per heavy atom. The molecule has 1 amide bonds. The maximum Gasteiger partial charge on any atom is 0.416 e. The van der Waals surface area contributed by atoms with E-state index in [0.717, 1.165) is 0 Å². The second kappa shape index (κ2) is 10.9. The minimum Gasteiger partial charge on any atom is -0.326 e. The lowest BCUT2D eigenvalue weighted by atomic mass is 9.96. The minimum absolute atomic E-state index is 0.0194. The van der Waals surface area contributed by atoms with E-state index in [0.29, 0.717) is 41.8 Å². The molecule has 1 aliphatic carbocycles. The smallest absolute Gasteiger partial charge is 0.326 e. The maximum atomic E-state index is 13.7. The molecule has 2 nitrogen and oxygen atoms in total. The molecule has 0 saturated heterocycles. The first-order valence-electron chi connectivity index (χ1n) is 9.85. The molecule has 166 valence electrons.